The van der Waals surface area contributed by atoms with Crippen molar-refractivity contribution in [1.29, 1.82) is 0 Å². The minimum atomic E-state index is 0.0856. The van der Waals surface area contributed by atoms with E-state index in [1.807, 2.05) is 6.07 Å². The van der Waals surface area contributed by atoms with Crippen molar-refractivity contribution >= 4 is 11.4 Å². The molecule has 0 fully saturated rings. The van der Waals surface area contributed by atoms with Gasteiger partial charge in [0, 0.05) is 25.3 Å². The number of hydrogen-bond acceptors (Lipinski definition) is 5. The Morgan fingerprint density at radius 2 is 1.80 bits per heavy atom. The van der Waals surface area contributed by atoms with E-state index in [4.69, 9.17) is 20.3 Å². The maximum Gasteiger partial charge on any atom is 0.162 e. The van der Waals surface area contributed by atoms with Gasteiger partial charge in [0.25, 0.3) is 0 Å². The van der Waals surface area contributed by atoms with Gasteiger partial charge in [0.1, 0.15) is 0 Å². The van der Waals surface area contributed by atoms with Crippen molar-refractivity contribution in [3.05, 3.63) is 12.1 Å². The summed E-state index contributed by atoms with van der Waals surface area (Å²) in [4.78, 5) is 0. The fourth-order valence-corrected chi connectivity index (χ4v) is 2.03. The SMILES string of the molecule is COc1cc(N)c(NCC(C)(C)CCCO)cc1OC. The van der Waals surface area contributed by atoms with Gasteiger partial charge < -0.3 is 25.6 Å². The van der Waals surface area contributed by atoms with Gasteiger partial charge in [-0.05, 0) is 18.3 Å². The first-order chi connectivity index (χ1) is 9.43. The van der Waals surface area contributed by atoms with Crippen molar-refractivity contribution in [1.82, 2.24) is 0 Å². The van der Waals surface area contributed by atoms with Gasteiger partial charge in [-0.25, -0.2) is 0 Å². The average molecular weight is 282 g/mol. The van der Waals surface area contributed by atoms with Gasteiger partial charge in [-0.1, -0.05) is 13.8 Å². The van der Waals surface area contributed by atoms with Gasteiger partial charge >= 0.3 is 0 Å². The van der Waals surface area contributed by atoms with Gasteiger partial charge in [-0.15, -0.1) is 0 Å². The number of nitrogen functional groups attached to an aromatic ring is 1. The minimum Gasteiger partial charge on any atom is -0.493 e. The van der Waals surface area contributed by atoms with Crippen LogP contribution in [0.4, 0.5) is 11.4 Å². The van der Waals surface area contributed by atoms with E-state index >= 15 is 0 Å². The first-order valence-corrected chi connectivity index (χ1v) is 6.80. The second-order valence-corrected chi connectivity index (χ2v) is 5.64. The van der Waals surface area contributed by atoms with Crippen LogP contribution in [0, 0.1) is 5.41 Å². The summed E-state index contributed by atoms with van der Waals surface area (Å²) in [6.45, 7) is 5.31. The van der Waals surface area contributed by atoms with Crippen LogP contribution in [0.1, 0.15) is 26.7 Å². The number of aliphatic hydroxyl groups is 1. The molecule has 5 heteroatoms. The Morgan fingerprint density at radius 3 is 2.35 bits per heavy atom. The van der Waals surface area contributed by atoms with Crippen LogP contribution in [0.25, 0.3) is 0 Å². The normalized spacial score (nSPS) is 11.2. The summed E-state index contributed by atoms with van der Waals surface area (Å²) in [5.74, 6) is 1.27. The molecule has 20 heavy (non-hydrogen) atoms. The molecule has 0 radical (unpaired) electrons. The molecule has 1 rings (SSSR count). The van der Waals surface area contributed by atoms with E-state index in [-0.39, 0.29) is 12.0 Å². The summed E-state index contributed by atoms with van der Waals surface area (Å²) >= 11 is 0. The van der Waals surface area contributed by atoms with Crippen molar-refractivity contribution in [3.63, 3.8) is 0 Å². The van der Waals surface area contributed by atoms with Crippen LogP contribution in [0.15, 0.2) is 12.1 Å². The molecular formula is C15H26N2O3. The number of rotatable bonds is 8. The van der Waals surface area contributed by atoms with E-state index in [0.717, 1.165) is 25.1 Å². The van der Waals surface area contributed by atoms with Crippen LogP contribution in [0.2, 0.25) is 0 Å². The first-order valence-electron chi connectivity index (χ1n) is 6.80. The highest BCUT2D eigenvalue weighted by Gasteiger charge is 2.18. The van der Waals surface area contributed by atoms with Gasteiger partial charge in [-0.3, -0.25) is 0 Å². The van der Waals surface area contributed by atoms with Crippen molar-refractivity contribution in [2.45, 2.75) is 26.7 Å². The Balaban J connectivity index is 2.77. The summed E-state index contributed by atoms with van der Waals surface area (Å²) in [6, 6.07) is 3.60. The van der Waals surface area contributed by atoms with Gasteiger partial charge in [0.05, 0.1) is 25.6 Å². The fourth-order valence-electron chi connectivity index (χ4n) is 2.03. The van der Waals surface area contributed by atoms with Crippen molar-refractivity contribution in [2.75, 3.05) is 38.4 Å². The molecule has 0 aliphatic carbocycles. The molecule has 0 atom stereocenters. The number of benzene rings is 1. The number of ether oxygens (including phenoxy) is 2. The molecular weight excluding hydrogens is 256 g/mol. The molecule has 1 aromatic rings. The number of hydrogen-bond donors (Lipinski definition) is 3. The summed E-state index contributed by atoms with van der Waals surface area (Å²) in [6.07, 6.45) is 1.75. The van der Waals surface area contributed by atoms with Crippen LogP contribution in [-0.4, -0.2) is 32.5 Å². The Hall–Kier alpha value is -1.62. The van der Waals surface area contributed by atoms with Crippen LogP contribution < -0.4 is 20.5 Å². The maximum atomic E-state index is 8.91. The number of anilines is 2. The highest BCUT2D eigenvalue weighted by molar-refractivity contribution is 5.72. The van der Waals surface area contributed by atoms with Crippen LogP contribution in [0.3, 0.4) is 0 Å². The first kappa shape index (κ1) is 16.4. The van der Waals surface area contributed by atoms with Crippen LogP contribution in [-0.2, 0) is 0 Å². The standard InChI is InChI=1S/C15H26N2O3/c1-15(2,6-5-7-18)10-17-12-9-14(20-4)13(19-3)8-11(12)16/h8-9,17-18H,5-7,10,16H2,1-4H3. The van der Waals surface area contributed by atoms with E-state index in [2.05, 4.69) is 19.2 Å². The molecule has 0 saturated heterocycles. The lowest BCUT2D eigenvalue weighted by molar-refractivity contribution is 0.248. The lowest BCUT2D eigenvalue weighted by Gasteiger charge is -2.26. The van der Waals surface area contributed by atoms with E-state index < -0.39 is 0 Å². The van der Waals surface area contributed by atoms with Gasteiger partial charge in [0.2, 0.25) is 0 Å². The molecule has 0 unspecified atom stereocenters. The summed E-state index contributed by atoms with van der Waals surface area (Å²) in [5.41, 5.74) is 7.56. The fraction of sp³-hybridized carbons (Fsp3) is 0.600. The Kier molecular flexibility index (Phi) is 5.95. The Labute approximate surface area is 121 Å². The summed E-state index contributed by atoms with van der Waals surface area (Å²) in [5, 5.41) is 12.3. The average Bonchev–Trinajstić information content (AvgIpc) is 2.43. The Bertz CT molecular complexity index is 433. The maximum absolute atomic E-state index is 8.91. The summed E-state index contributed by atoms with van der Waals surface area (Å²) in [7, 11) is 3.19. The molecule has 0 aliphatic heterocycles. The smallest absolute Gasteiger partial charge is 0.162 e. The van der Waals surface area contributed by atoms with E-state index in [1.54, 1.807) is 20.3 Å². The molecule has 5 nitrogen and oxygen atoms in total. The highest BCUT2D eigenvalue weighted by Crippen LogP contribution is 2.35. The molecule has 0 aromatic heterocycles. The topological polar surface area (TPSA) is 76.7 Å². The molecule has 0 saturated carbocycles. The van der Waals surface area contributed by atoms with Crippen LogP contribution >= 0.6 is 0 Å². The number of nitrogens with one attached hydrogen (secondary N) is 1. The predicted octanol–water partition coefficient (Wildman–Crippen LogP) is 2.50. The van der Waals surface area contributed by atoms with Crippen molar-refractivity contribution < 1.29 is 14.6 Å². The van der Waals surface area contributed by atoms with Crippen molar-refractivity contribution in [3.8, 4) is 11.5 Å². The molecule has 114 valence electrons. The third-order valence-corrected chi connectivity index (χ3v) is 3.32. The molecule has 0 heterocycles. The minimum absolute atomic E-state index is 0.0856. The lowest BCUT2D eigenvalue weighted by Crippen LogP contribution is -2.23. The quantitative estimate of drug-likeness (QED) is 0.639. The molecule has 0 spiro atoms. The monoisotopic (exact) mass is 282 g/mol. The van der Waals surface area contributed by atoms with E-state index in [1.165, 1.54) is 0 Å². The highest BCUT2D eigenvalue weighted by atomic mass is 16.5. The van der Waals surface area contributed by atoms with Crippen LogP contribution in [0.5, 0.6) is 11.5 Å². The second-order valence-electron chi connectivity index (χ2n) is 5.64. The largest absolute Gasteiger partial charge is 0.493 e. The molecule has 0 aliphatic rings. The molecule has 0 amide bonds. The van der Waals surface area contributed by atoms with Gasteiger partial charge in [0.15, 0.2) is 11.5 Å². The molecule has 1 aromatic carbocycles. The lowest BCUT2D eigenvalue weighted by atomic mass is 9.88. The van der Waals surface area contributed by atoms with Gasteiger partial charge in [-0.2, -0.15) is 0 Å². The predicted molar refractivity (Wildman–Crippen MR) is 82.5 cm³/mol. The van der Waals surface area contributed by atoms with E-state index in [0.29, 0.717) is 17.2 Å². The third kappa shape index (κ3) is 4.49. The zero-order chi connectivity index (χ0) is 15.2. The zero-order valence-electron chi connectivity index (χ0n) is 12.8. The Morgan fingerprint density at radius 1 is 1.20 bits per heavy atom. The summed E-state index contributed by atoms with van der Waals surface area (Å²) < 4.78 is 10.5. The number of methoxy groups -OCH3 is 2. The second kappa shape index (κ2) is 7.24. The molecule has 0 bridgehead atoms. The zero-order valence-corrected chi connectivity index (χ0v) is 12.8. The number of nitrogens with two attached hydrogens (primary N) is 1. The van der Waals surface area contributed by atoms with E-state index in [9.17, 15) is 0 Å². The van der Waals surface area contributed by atoms with Crippen molar-refractivity contribution in [2.24, 2.45) is 5.41 Å². The third-order valence-electron chi connectivity index (χ3n) is 3.32. The number of aliphatic hydroxyl groups excluding tert-OH is 1. The molecule has 4 N–H and O–H groups in total.